The van der Waals surface area contributed by atoms with Crippen molar-refractivity contribution in [3.8, 4) is 5.75 Å². The number of rotatable bonds is 11. The highest BCUT2D eigenvalue weighted by atomic mass is 32.2. The largest absolute Gasteiger partial charge is 0.484 e. The molecule has 0 heterocycles. The first-order chi connectivity index (χ1) is 20.1. The van der Waals surface area contributed by atoms with E-state index in [1.165, 1.54) is 18.3 Å². The van der Waals surface area contributed by atoms with E-state index in [0.29, 0.717) is 22.7 Å². The average molecular weight is 585 g/mol. The average Bonchev–Trinajstić information content (AvgIpc) is 2.99. The number of hydrogen-bond donors (Lipinski definition) is 2. The molecule has 9 nitrogen and oxygen atoms in total. The Kier molecular flexibility index (Phi) is 9.72. The third-order valence-corrected chi connectivity index (χ3v) is 8.23. The summed E-state index contributed by atoms with van der Waals surface area (Å²) < 4.78 is 33.7. The quantitative estimate of drug-likeness (QED) is 0.191. The van der Waals surface area contributed by atoms with E-state index in [2.05, 4.69) is 15.8 Å². The highest BCUT2D eigenvalue weighted by molar-refractivity contribution is 7.92. The molecule has 42 heavy (non-hydrogen) atoms. The lowest BCUT2D eigenvalue weighted by molar-refractivity contribution is -0.119. The summed E-state index contributed by atoms with van der Waals surface area (Å²) >= 11 is 0. The van der Waals surface area contributed by atoms with Crippen LogP contribution in [0.3, 0.4) is 0 Å². The molecular weight excluding hydrogens is 552 g/mol. The van der Waals surface area contributed by atoms with Gasteiger partial charge in [-0.05, 0) is 92.1 Å². The van der Waals surface area contributed by atoms with Gasteiger partial charge in [-0.3, -0.25) is 13.9 Å². The zero-order valence-corrected chi connectivity index (χ0v) is 24.4. The molecule has 4 aromatic carbocycles. The number of amides is 2. The summed E-state index contributed by atoms with van der Waals surface area (Å²) in [6, 6.07) is 27.5. The van der Waals surface area contributed by atoms with Crippen molar-refractivity contribution in [3.63, 3.8) is 0 Å². The van der Waals surface area contributed by atoms with Gasteiger partial charge in [-0.1, -0.05) is 48.0 Å². The molecule has 0 aliphatic rings. The molecule has 4 aromatic rings. The summed E-state index contributed by atoms with van der Waals surface area (Å²) in [5, 5.41) is 6.76. The molecule has 0 fully saturated rings. The van der Waals surface area contributed by atoms with Crippen LogP contribution in [-0.4, -0.2) is 39.6 Å². The second-order valence-electron chi connectivity index (χ2n) is 9.61. The van der Waals surface area contributed by atoms with Crippen molar-refractivity contribution in [2.75, 3.05) is 22.8 Å². The zero-order chi connectivity index (χ0) is 30.1. The van der Waals surface area contributed by atoms with E-state index in [1.54, 1.807) is 54.6 Å². The van der Waals surface area contributed by atoms with Gasteiger partial charge in [0.05, 0.1) is 16.8 Å². The molecule has 0 aliphatic carbocycles. The van der Waals surface area contributed by atoms with Crippen molar-refractivity contribution >= 4 is 39.4 Å². The molecule has 0 unspecified atom stereocenters. The van der Waals surface area contributed by atoms with Crippen LogP contribution in [-0.2, 0) is 19.6 Å². The molecular formula is C32H32N4O5S. The first-order valence-electron chi connectivity index (χ1n) is 13.2. The van der Waals surface area contributed by atoms with E-state index in [0.717, 1.165) is 21.0 Å². The highest BCUT2D eigenvalue weighted by Gasteiger charge is 2.28. The summed E-state index contributed by atoms with van der Waals surface area (Å²) in [7, 11) is -4.02. The molecule has 0 saturated carbocycles. The lowest BCUT2D eigenvalue weighted by Gasteiger charge is -2.26. The van der Waals surface area contributed by atoms with Crippen LogP contribution in [0.4, 0.5) is 11.4 Å². The summed E-state index contributed by atoms with van der Waals surface area (Å²) in [6.45, 7) is 5.05. The number of nitrogens with zero attached hydrogens (tertiary/aromatic N) is 2. The molecule has 216 valence electrons. The second kappa shape index (κ2) is 13.6. The standard InChI is InChI=1S/C32H32N4O5S/c1-23-12-16-27(17-13-23)34-32(38)22-41-28-18-14-26(15-19-28)20-33-35-31(37)21-36(30-11-7-8-24(2)25(30)3)42(39,40)29-9-5-4-6-10-29/h4-20H,21-22H2,1-3H3,(H,34,38)(H,35,37)/b33-20-. The summed E-state index contributed by atoms with van der Waals surface area (Å²) in [4.78, 5) is 25.1. The minimum atomic E-state index is -4.02. The van der Waals surface area contributed by atoms with Crippen molar-refractivity contribution in [2.45, 2.75) is 25.7 Å². The number of aryl methyl sites for hydroxylation is 2. The predicted molar refractivity (Wildman–Crippen MR) is 164 cm³/mol. The van der Waals surface area contributed by atoms with Crippen molar-refractivity contribution in [3.05, 3.63) is 119 Å². The van der Waals surface area contributed by atoms with Gasteiger partial charge in [0.1, 0.15) is 12.3 Å². The van der Waals surface area contributed by atoms with Crippen LogP contribution in [0.25, 0.3) is 0 Å². The van der Waals surface area contributed by atoms with Crippen LogP contribution >= 0.6 is 0 Å². The van der Waals surface area contributed by atoms with Crippen LogP contribution in [0.2, 0.25) is 0 Å². The van der Waals surface area contributed by atoms with Gasteiger partial charge in [0.15, 0.2) is 6.61 Å². The molecule has 0 bridgehead atoms. The number of carbonyl (C=O) groups is 2. The van der Waals surface area contributed by atoms with E-state index in [9.17, 15) is 18.0 Å². The Morgan fingerprint density at radius 2 is 1.52 bits per heavy atom. The maximum atomic E-state index is 13.5. The van der Waals surface area contributed by atoms with E-state index >= 15 is 0 Å². The van der Waals surface area contributed by atoms with Gasteiger partial charge in [-0.15, -0.1) is 0 Å². The van der Waals surface area contributed by atoms with Crippen LogP contribution in [0.15, 0.2) is 107 Å². The fourth-order valence-corrected chi connectivity index (χ4v) is 5.50. The first kappa shape index (κ1) is 30.0. The minimum absolute atomic E-state index is 0.0807. The number of hydrogen-bond acceptors (Lipinski definition) is 6. The fourth-order valence-electron chi connectivity index (χ4n) is 4.00. The van der Waals surface area contributed by atoms with Crippen LogP contribution < -0.4 is 19.8 Å². The highest BCUT2D eigenvalue weighted by Crippen LogP contribution is 2.28. The van der Waals surface area contributed by atoms with Crippen molar-refractivity contribution in [1.82, 2.24) is 5.43 Å². The Morgan fingerprint density at radius 3 is 2.21 bits per heavy atom. The summed E-state index contributed by atoms with van der Waals surface area (Å²) in [6.07, 6.45) is 1.43. The number of sulfonamides is 1. The zero-order valence-electron chi connectivity index (χ0n) is 23.6. The number of benzene rings is 4. The molecule has 0 spiro atoms. The van der Waals surface area contributed by atoms with E-state index in [1.807, 2.05) is 51.1 Å². The summed E-state index contributed by atoms with van der Waals surface area (Å²) in [5.74, 6) is -0.395. The Bertz CT molecular complexity index is 1670. The third kappa shape index (κ3) is 7.82. The van der Waals surface area contributed by atoms with Gasteiger partial charge >= 0.3 is 0 Å². The Labute approximate surface area is 245 Å². The molecule has 0 saturated heterocycles. The van der Waals surface area contributed by atoms with Gasteiger partial charge in [0.2, 0.25) is 0 Å². The molecule has 4 rings (SSSR count). The normalized spacial score (nSPS) is 11.2. The van der Waals surface area contributed by atoms with Gasteiger partial charge in [0, 0.05) is 5.69 Å². The van der Waals surface area contributed by atoms with E-state index in [4.69, 9.17) is 4.74 Å². The van der Waals surface area contributed by atoms with Gasteiger partial charge in [0.25, 0.3) is 21.8 Å². The van der Waals surface area contributed by atoms with E-state index < -0.39 is 22.5 Å². The molecule has 0 aromatic heterocycles. The van der Waals surface area contributed by atoms with Gasteiger partial charge in [-0.2, -0.15) is 5.10 Å². The predicted octanol–water partition coefficient (Wildman–Crippen LogP) is 4.97. The number of nitrogens with one attached hydrogen (secondary N) is 2. The Morgan fingerprint density at radius 1 is 0.833 bits per heavy atom. The summed E-state index contributed by atoms with van der Waals surface area (Å²) in [5.41, 5.74) is 6.94. The van der Waals surface area contributed by atoms with Crippen LogP contribution in [0.1, 0.15) is 22.3 Å². The Balaban J connectivity index is 1.36. The van der Waals surface area contributed by atoms with Gasteiger partial charge in [-0.25, -0.2) is 13.8 Å². The molecule has 0 atom stereocenters. The third-order valence-electron chi connectivity index (χ3n) is 6.45. The molecule has 2 amide bonds. The van der Waals surface area contributed by atoms with Crippen molar-refractivity contribution in [2.24, 2.45) is 5.10 Å². The molecule has 10 heteroatoms. The lowest BCUT2D eigenvalue weighted by Crippen LogP contribution is -2.40. The maximum Gasteiger partial charge on any atom is 0.264 e. The Hall–Kier alpha value is -4.96. The van der Waals surface area contributed by atoms with Gasteiger partial charge < -0.3 is 10.1 Å². The molecule has 0 radical (unpaired) electrons. The number of hydrazone groups is 1. The maximum absolute atomic E-state index is 13.5. The second-order valence-corrected chi connectivity index (χ2v) is 11.5. The van der Waals surface area contributed by atoms with Crippen LogP contribution in [0.5, 0.6) is 5.75 Å². The van der Waals surface area contributed by atoms with Crippen molar-refractivity contribution < 1.29 is 22.7 Å². The lowest BCUT2D eigenvalue weighted by atomic mass is 10.1. The SMILES string of the molecule is Cc1ccc(NC(=O)COc2ccc(/C=N\NC(=O)CN(c3cccc(C)c3C)S(=O)(=O)c3ccccc3)cc2)cc1. The smallest absolute Gasteiger partial charge is 0.264 e. The van der Waals surface area contributed by atoms with Crippen LogP contribution in [0, 0.1) is 20.8 Å². The number of anilines is 2. The molecule has 0 aliphatic heterocycles. The first-order valence-corrected chi connectivity index (χ1v) is 14.6. The molecule has 2 N–H and O–H groups in total. The number of ether oxygens (including phenoxy) is 1. The van der Waals surface area contributed by atoms with E-state index in [-0.39, 0.29) is 17.4 Å². The number of carbonyl (C=O) groups excluding carboxylic acids is 2. The van der Waals surface area contributed by atoms with Crippen molar-refractivity contribution in [1.29, 1.82) is 0 Å². The minimum Gasteiger partial charge on any atom is -0.484 e. The topological polar surface area (TPSA) is 117 Å². The monoisotopic (exact) mass is 584 g/mol. The fraction of sp³-hybridized carbons (Fsp3) is 0.156.